The van der Waals surface area contributed by atoms with Gasteiger partial charge in [-0.3, -0.25) is 9.89 Å². The number of hydrogen-bond acceptors (Lipinski definition) is 3. The summed E-state index contributed by atoms with van der Waals surface area (Å²) in [6, 6.07) is 20.3. The van der Waals surface area contributed by atoms with E-state index in [2.05, 4.69) is 15.3 Å². The van der Waals surface area contributed by atoms with Crippen molar-refractivity contribution in [3.8, 4) is 16.9 Å². The number of azo groups is 1. The molecule has 0 radical (unpaired) electrons. The minimum atomic E-state index is -0.498. The quantitative estimate of drug-likeness (QED) is 0.468. The summed E-state index contributed by atoms with van der Waals surface area (Å²) in [6.07, 6.45) is 0. The summed E-state index contributed by atoms with van der Waals surface area (Å²) in [4.78, 5) is 12.9. The fourth-order valence-electron chi connectivity index (χ4n) is 2.75. The fourth-order valence-corrected chi connectivity index (χ4v) is 2.75. The summed E-state index contributed by atoms with van der Waals surface area (Å²) < 4.78 is 28.7. The van der Waals surface area contributed by atoms with Gasteiger partial charge in [0.25, 0.3) is 5.56 Å². The van der Waals surface area contributed by atoms with Gasteiger partial charge in [0.05, 0.1) is 17.1 Å². The first-order valence-corrected chi connectivity index (χ1v) is 8.46. The maximum Gasteiger partial charge on any atom is 0.299 e. The highest BCUT2D eigenvalue weighted by Crippen LogP contribution is 2.30. The van der Waals surface area contributed by atoms with E-state index in [1.807, 2.05) is 6.07 Å². The summed E-state index contributed by atoms with van der Waals surface area (Å²) in [5, 5.41) is 11.0. The molecule has 1 N–H and O–H groups in total. The summed E-state index contributed by atoms with van der Waals surface area (Å²) in [5.41, 5.74) is 0.829. The van der Waals surface area contributed by atoms with E-state index in [9.17, 15) is 13.6 Å². The number of hydrogen-bond donors (Lipinski definition) is 1. The highest BCUT2D eigenvalue weighted by Gasteiger charge is 2.19. The van der Waals surface area contributed by atoms with Gasteiger partial charge in [0.1, 0.15) is 11.6 Å². The van der Waals surface area contributed by atoms with Gasteiger partial charge in [0.15, 0.2) is 5.69 Å². The zero-order valence-electron chi connectivity index (χ0n) is 14.5. The van der Waals surface area contributed by atoms with Gasteiger partial charge in [-0.05, 0) is 48.5 Å². The van der Waals surface area contributed by atoms with E-state index in [-0.39, 0.29) is 16.9 Å². The standard InChI is InChI=1S/C21H14F2N4O/c22-14-10-12-15(13-11-14)24-25-20-19(17-8-4-5-9-18(17)23)26-27(21(20)28)16-6-2-1-3-7-16/h1-13,26H. The number of benzene rings is 3. The largest absolute Gasteiger partial charge is 0.299 e. The van der Waals surface area contributed by atoms with Crippen LogP contribution in [-0.2, 0) is 0 Å². The van der Waals surface area contributed by atoms with E-state index < -0.39 is 17.2 Å². The van der Waals surface area contributed by atoms with Crippen molar-refractivity contribution in [2.45, 2.75) is 0 Å². The van der Waals surface area contributed by atoms with Crippen LogP contribution in [0.1, 0.15) is 0 Å². The summed E-state index contributed by atoms with van der Waals surface area (Å²) in [7, 11) is 0. The predicted molar refractivity (Wildman–Crippen MR) is 102 cm³/mol. The van der Waals surface area contributed by atoms with Crippen molar-refractivity contribution in [1.82, 2.24) is 9.78 Å². The highest BCUT2D eigenvalue weighted by atomic mass is 19.1. The third kappa shape index (κ3) is 3.37. The lowest BCUT2D eigenvalue weighted by Gasteiger charge is -2.02. The van der Waals surface area contributed by atoms with Crippen molar-refractivity contribution in [1.29, 1.82) is 0 Å². The molecule has 0 atom stereocenters. The Morgan fingerprint density at radius 1 is 0.786 bits per heavy atom. The maximum atomic E-state index is 14.4. The third-order valence-corrected chi connectivity index (χ3v) is 4.12. The van der Waals surface area contributed by atoms with Crippen LogP contribution in [0.4, 0.5) is 20.2 Å². The average molecular weight is 376 g/mol. The normalized spacial score (nSPS) is 11.2. The van der Waals surface area contributed by atoms with Gasteiger partial charge in [0.2, 0.25) is 0 Å². The van der Waals surface area contributed by atoms with E-state index in [0.29, 0.717) is 11.4 Å². The van der Waals surface area contributed by atoms with Crippen molar-refractivity contribution < 1.29 is 8.78 Å². The number of aromatic nitrogens is 2. The Bertz CT molecular complexity index is 1200. The van der Waals surface area contributed by atoms with Crippen LogP contribution in [-0.4, -0.2) is 9.78 Å². The van der Waals surface area contributed by atoms with E-state index in [1.165, 1.54) is 35.0 Å². The van der Waals surface area contributed by atoms with Gasteiger partial charge >= 0.3 is 0 Å². The lowest BCUT2D eigenvalue weighted by Crippen LogP contribution is -2.13. The zero-order chi connectivity index (χ0) is 19.5. The molecule has 4 aromatic rings. The fraction of sp³-hybridized carbons (Fsp3) is 0. The first-order chi connectivity index (χ1) is 13.6. The van der Waals surface area contributed by atoms with Crippen LogP contribution < -0.4 is 5.56 Å². The van der Waals surface area contributed by atoms with Crippen molar-refractivity contribution in [3.05, 3.63) is 101 Å². The molecular formula is C21H14F2N4O. The number of para-hydroxylation sites is 1. The van der Waals surface area contributed by atoms with Crippen LogP contribution in [0.5, 0.6) is 0 Å². The molecule has 0 bridgehead atoms. The van der Waals surface area contributed by atoms with Crippen LogP contribution in [0.25, 0.3) is 16.9 Å². The molecule has 0 aliphatic carbocycles. The molecular weight excluding hydrogens is 362 g/mol. The number of halogens is 2. The predicted octanol–water partition coefficient (Wildman–Crippen LogP) is 5.53. The van der Waals surface area contributed by atoms with E-state index in [4.69, 9.17) is 0 Å². The van der Waals surface area contributed by atoms with Crippen molar-refractivity contribution >= 4 is 11.4 Å². The van der Waals surface area contributed by atoms with Crippen LogP contribution in [0.3, 0.4) is 0 Å². The Morgan fingerprint density at radius 3 is 2.18 bits per heavy atom. The molecule has 1 heterocycles. The molecule has 0 unspecified atom stereocenters. The lowest BCUT2D eigenvalue weighted by atomic mass is 10.1. The Hall–Kier alpha value is -3.87. The first-order valence-electron chi connectivity index (χ1n) is 8.46. The number of rotatable bonds is 4. The van der Waals surface area contributed by atoms with Gasteiger partial charge in [-0.15, -0.1) is 5.11 Å². The molecule has 0 fully saturated rings. The van der Waals surface area contributed by atoms with E-state index in [0.717, 1.165) is 0 Å². The van der Waals surface area contributed by atoms with Crippen molar-refractivity contribution in [2.75, 3.05) is 0 Å². The van der Waals surface area contributed by atoms with Gasteiger partial charge in [-0.25, -0.2) is 13.5 Å². The topological polar surface area (TPSA) is 62.5 Å². The van der Waals surface area contributed by atoms with Crippen molar-refractivity contribution in [2.24, 2.45) is 10.2 Å². The first kappa shape index (κ1) is 17.5. The summed E-state index contributed by atoms with van der Waals surface area (Å²) >= 11 is 0. The molecule has 0 aliphatic rings. The monoisotopic (exact) mass is 376 g/mol. The Labute approximate surface area is 158 Å². The third-order valence-electron chi connectivity index (χ3n) is 4.12. The lowest BCUT2D eigenvalue weighted by molar-refractivity contribution is 0.628. The SMILES string of the molecule is O=c1c(N=Nc2ccc(F)cc2)c(-c2ccccc2F)[nH]n1-c1ccccc1. The molecule has 5 nitrogen and oxygen atoms in total. The molecule has 0 saturated heterocycles. The van der Waals surface area contributed by atoms with Crippen LogP contribution in [0, 0.1) is 11.6 Å². The van der Waals surface area contributed by atoms with Gasteiger partial charge in [-0.2, -0.15) is 5.11 Å². The van der Waals surface area contributed by atoms with E-state index in [1.54, 1.807) is 42.5 Å². The Balaban J connectivity index is 1.88. The number of aromatic amines is 1. The maximum absolute atomic E-state index is 14.4. The number of H-pyrrole nitrogens is 1. The molecule has 0 aliphatic heterocycles. The second-order valence-electron chi connectivity index (χ2n) is 5.97. The minimum Gasteiger partial charge on any atom is -0.288 e. The molecule has 4 rings (SSSR count). The average Bonchev–Trinajstić information content (AvgIpc) is 3.05. The number of nitrogens with one attached hydrogen (secondary N) is 1. The molecule has 0 saturated carbocycles. The smallest absolute Gasteiger partial charge is 0.288 e. The molecule has 1 aromatic heterocycles. The van der Waals surface area contributed by atoms with E-state index >= 15 is 0 Å². The minimum absolute atomic E-state index is 0.0433. The second-order valence-corrected chi connectivity index (χ2v) is 5.97. The van der Waals surface area contributed by atoms with Gasteiger partial charge in [0, 0.05) is 5.56 Å². The summed E-state index contributed by atoms with van der Waals surface area (Å²) in [6.45, 7) is 0. The highest BCUT2D eigenvalue weighted by molar-refractivity contribution is 5.72. The van der Waals surface area contributed by atoms with Gasteiger partial charge < -0.3 is 0 Å². The molecule has 0 spiro atoms. The zero-order valence-corrected chi connectivity index (χ0v) is 14.5. The van der Waals surface area contributed by atoms with Gasteiger partial charge in [-0.1, -0.05) is 30.3 Å². The van der Waals surface area contributed by atoms with Crippen LogP contribution >= 0.6 is 0 Å². The molecule has 3 aromatic carbocycles. The second kappa shape index (κ2) is 7.40. The molecule has 7 heteroatoms. The molecule has 0 amide bonds. The Kier molecular flexibility index (Phi) is 4.63. The summed E-state index contributed by atoms with van der Waals surface area (Å²) in [5.74, 6) is -0.902. The van der Waals surface area contributed by atoms with Crippen LogP contribution in [0.15, 0.2) is 93.9 Å². The molecule has 28 heavy (non-hydrogen) atoms. The Morgan fingerprint density at radius 2 is 1.46 bits per heavy atom. The molecule has 138 valence electrons. The number of nitrogens with zero attached hydrogens (tertiary/aromatic N) is 3. The van der Waals surface area contributed by atoms with Crippen LogP contribution in [0.2, 0.25) is 0 Å². The van der Waals surface area contributed by atoms with Crippen molar-refractivity contribution in [3.63, 3.8) is 0 Å².